The Bertz CT molecular complexity index is 515. The Hall–Kier alpha value is -1.56. The summed E-state index contributed by atoms with van der Waals surface area (Å²) < 4.78 is 0.824. The number of hydrogen-bond donors (Lipinski definition) is 0. The summed E-state index contributed by atoms with van der Waals surface area (Å²) in [6.07, 6.45) is 3.01. The van der Waals surface area contributed by atoms with E-state index in [0.29, 0.717) is 5.52 Å². The molecule has 0 aliphatic rings. The largest absolute Gasteiger partial charge is 0.365 e. The molecule has 0 unspecified atom stereocenters. The number of halogens is 1. The fourth-order valence-corrected chi connectivity index (χ4v) is 1.52. The van der Waals surface area contributed by atoms with Crippen molar-refractivity contribution in [2.45, 2.75) is 0 Å². The summed E-state index contributed by atoms with van der Waals surface area (Å²) in [5.41, 5.74) is 0.557. The van der Waals surface area contributed by atoms with Crippen LogP contribution in [0, 0.1) is 10.1 Å². The number of hydrogen-bond acceptors (Lipinski definition) is 4. The Morgan fingerprint density at radius 1 is 1.43 bits per heavy atom. The van der Waals surface area contributed by atoms with Crippen LogP contribution in [0.2, 0.25) is 0 Å². The van der Waals surface area contributed by atoms with Crippen molar-refractivity contribution >= 4 is 32.7 Å². The van der Waals surface area contributed by atoms with E-state index < -0.39 is 4.92 Å². The van der Waals surface area contributed by atoms with Gasteiger partial charge in [-0.25, -0.2) is 0 Å². The van der Waals surface area contributed by atoms with Crippen LogP contribution in [0.25, 0.3) is 10.9 Å². The highest BCUT2D eigenvalue weighted by atomic mass is 79.9. The van der Waals surface area contributed by atoms with Crippen molar-refractivity contribution in [1.82, 2.24) is 9.97 Å². The van der Waals surface area contributed by atoms with Gasteiger partial charge in [-0.05, 0) is 31.9 Å². The molecular weight excluding hydrogens is 250 g/mol. The summed E-state index contributed by atoms with van der Waals surface area (Å²) >= 11 is 3.31. The zero-order chi connectivity index (χ0) is 10.1. The lowest BCUT2D eigenvalue weighted by Crippen LogP contribution is -1.92. The number of nitrogens with zero attached hydrogens (tertiary/aromatic N) is 3. The van der Waals surface area contributed by atoms with Crippen molar-refractivity contribution in [2.24, 2.45) is 0 Å². The van der Waals surface area contributed by atoms with Crippen LogP contribution in [0.1, 0.15) is 0 Å². The third-order valence-electron chi connectivity index (χ3n) is 1.75. The first-order valence-electron chi connectivity index (χ1n) is 3.73. The number of fused-ring (bicyclic) bond motifs is 1. The van der Waals surface area contributed by atoms with E-state index in [1.54, 1.807) is 12.3 Å². The fourth-order valence-electron chi connectivity index (χ4n) is 1.10. The number of rotatable bonds is 1. The van der Waals surface area contributed by atoms with Crippen molar-refractivity contribution in [3.8, 4) is 0 Å². The molecule has 0 fully saturated rings. The molecule has 0 spiro atoms. The van der Waals surface area contributed by atoms with E-state index in [-0.39, 0.29) is 5.82 Å². The van der Waals surface area contributed by atoms with E-state index in [4.69, 9.17) is 0 Å². The first kappa shape index (κ1) is 9.01. The molecule has 0 bridgehead atoms. The Balaban J connectivity index is 2.73. The second kappa shape index (κ2) is 3.30. The predicted octanol–water partition coefficient (Wildman–Crippen LogP) is 2.30. The molecule has 2 rings (SSSR count). The van der Waals surface area contributed by atoms with Gasteiger partial charge in [-0.15, -0.1) is 0 Å². The molecule has 0 saturated carbocycles. The summed E-state index contributed by atoms with van der Waals surface area (Å²) in [4.78, 5) is 17.6. The van der Waals surface area contributed by atoms with Crippen LogP contribution in [-0.2, 0) is 0 Å². The third kappa shape index (κ3) is 1.44. The van der Waals surface area contributed by atoms with Crippen LogP contribution in [-0.4, -0.2) is 14.9 Å². The smallest absolute Gasteiger partial charge is 0.358 e. The number of pyridine rings is 2. The molecule has 0 aromatic carbocycles. The Kier molecular flexibility index (Phi) is 2.12. The van der Waals surface area contributed by atoms with E-state index in [0.717, 1.165) is 9.86 Å². The molecule has 0 aliphatic heterocycles. The Morgan fingerprint density at radius 3 is 2.93 bits per heavy atom. The second-order valence-corrected chi connectivity index (χ2v) is 3.46. The number of aromatic nitrogens is 2. The van der Waals surface area contributed by atoms with Crippen molar-refractivity contribution in [3.63, 3.8) is 0 Å². The van der Waals surface area contributed by atoms with Crippen molar-refractivity contribution in [2.75, 3.05) is 0 Å². The average Bonchev–Trinajstić information content (AvgIpc) is 2.17. The van der Waals surface area contributed by atoms with Gasteiger partial charge in [0.15, 0.2) is 6.20 Å². The van der Waals surface area contributed by atoms with Gasteiger partial charge in [0.25, 0.3) is 0 Å². The summed E-state index contributed by atoms with van der Waals surface area (Å²) in [5.74, 6) is -0.192. The second-order valence-electron chi connectivity index (χ2n) is 2.61. The molecular formula is C8H4BrN3O2. The normalized spacial score (nSPS) is 10.4. The highest BCUT2D eigenvalue weighted by molar-refractivity contribution is 9.10. The van der Waals surface area contributed by atoms with Gasteiger partial charge in [0.2, 0.25) is 0 Å². The third-order valence-corrected chi connectivity index (χ3v) is 2.44. The van der Waals surface area contributed by atoms with Crippen molar-refractivity contribution < 1.29 is 4.92 Å². The van der Waals surface area contributed by atoms with Crippen LogP contribution in [0.3, 0.4) is 0 Å². The predicted molar refractivity (Wildman–Crippen MR) is 53.9 cm³/mol. The van der Waals surface area contributed by atoms with Gasteiger partial charge >= 0.3 is 5.82 Å². The minimum absolute atomic E-state index is 0.192. The highest BCUT2D eigenvalue weighted by Crippen LogP contribution is 2.23. The zero-order valence-corrected chi connectivity index (χ0v) is 8.43. The molecule has 2 heterocycles. The Morgan fingerprint density at radius 2 is 2.21 bits per heavy atom. The SMILES string of the molecule is O=[N+]([O-])c1cc2nccc(Br)c2cn1. The van der Waals surface area contributed by atoms with Crippen molar-refractivity contribution in [1.29, 1.82) is 0 Å². The summed E-state index contributed by atoms with van der Waals surface area (Å²) in [6.45, 7) is 0. The molecule has 0 amide bonds. The average molecular weight is 254 g/mol. The van der Waals surface area contributed by atoms with E-state index in [2.05, 4.69) is 25.9 Å². The zero-order valence-electron chi connectivity index (χ0n) is 6.85. The van der Waals surface area contributed by atoms with Gasteiger partial charge in [-0.1, -0.05) is 0 Å². The maximum Gasteiger partial charge on any atom is 0.365 e. The monoisotopic (exact) mass is 253 g/mol. The van der Waals surface area contributed by atoms with Gasteiger partial charge in [0, 0.05) is 10.7 Å². The molecule has 5 nitrogen and oxygen atoms in total. The van der Waals surface area contributed by atoms with Gasteiger partial charge in [0.1, 0.15) is 0 Å². The summed E-state index contributed by atoms with van der Waals surface area (Å²) in [5, 5.41) is 11.2. The van der Waals surface area contributed by atoms with Gasteiger partial charge in [-0.3, -0.25) is 4.98 Å². The lowest BCUT2D eigenvalue weighted by Gasteiger charge is -1.96. The first-order valence-corrected chi connectivity index (χ1v) is 4.52. The van der Waals surface area contributed by atoms with E-state index in [9.17, 15) is 10.1 Å². The van der Waals surface area contributed by atoms with Gasteiger partial charge in [-0.2, -0.15) is 0 Å². The van der Waals surface area contributed by atoms with Crippen molar-refractivity contribution in [3.05, 3.63) is 39.1 Å². The highest BCUT2D eigenvalue weighted by Gasteiger charge is 2.09. The maximum atomic E-state index is 10.4. The van der Waals surface area contributed by atoms with Crippen LogP contribution in [0.15, 0.2) is 29.0 Å². The minimum Gasteiger partial charge on any atom is -0.358 e. The Labute approximate surface area is 87.1 Å². The topological polar surface area (TPSA) is 68.9 Å². The van der Waals surface area contributed by atoms with Crippen LogP contribution < -0.4 is 0 Å². The lowest BCUT2D eigenvalue weighted by molar-refractivity contribution is -0.389. The molecule has 0 aliphatic carbocycles. The fraction of sp³-hybridized carbons (Fsp3) is 0. The van der Waals surface area contributed by atoms with Gasteiger partial charge < -0.3 is 10.1 Å². The van der Waals surface area contributed by atoms with Crippen LogP contribution >= 0.6 is 15.9 Å². The standard InChI is InChI=1S/C8H4BrN3O2/c9-6-1-2-10-7-3-8(12(13)14)11-4-5(6)7/h1-4H. The summed E-state index contributed by atoms with van der Waals surface area (Å²) in [7, 11) is 0. The molecule has 0 saturated heterocycles. The molecule has 14 heavy (non-hydrogen) atoms. The lowest BCUT2D eigenvalue weighted by atomic mass is 10.3. The molecule has 2 aromatic heterocycles. The first-order chi connectivity index (χ1) is 6.68. The molecule has 0 atom stereocenters. The minimum atomic E-state index is -0.540. The van der Waals surface area contributed by atoms with E-state index in [1.165, 1.54) is 12.3 Å². The van der Waals surface area contributed by atoms with Crippen LogP contribution in [0.5, 0.6) is 0 Å². The van der Waals surface area contributed by atoms with Gasteiger partial charge in [0.05, 0.1) is 17.0 Å². The molecule has 70 valence electrons. The summed E-state index contributed by atoms with van der Waals surface area (Å²) in [6, 6.07) is 3.11. The van der Waals surface area contributed by atoms with E-state index in [1.807, 2.05) is 0 Å². The molecule has 0 N–H and O–H groups in total. The molecule has 0 radical (unpaired) electrons. The quantitative estimate of drug-likeness (QED) is 0.578. The van der Waals surface area contributed by atoms with E-state index >= 15 is 0 Å². The molecule has 6 heteroatoms. The van der Waals surface area contributed by atoms with Crippen LogP contribution in [0.4, 0.5) is 5.82 Å². The maximum absolute atomic E-state index is 10.4. The molecule has 2 aromatic rings. The number of nitro groups is 1.